The third kappa shape index (κ3) is 5.57. The third-order valence-corrected chi connectivity index (χ3v) is 2.51. The second-order valence-electron chi connectivity index (χ2n) is 4.27. The number of carbonyl (C=O) groups is 1. The topological polar surface area (TPSA) is 46.5 Å². The molecule has 2 unspecified atom stereocenters. The first kappa shape index (κ1) is 14.2. The maximum absolute atomic E-state index is 11.3. The molecule has 0 amide bonds. The van der Waals surface area contributed by atoms with Gasteiger partial charge in [-0.05, 0) is 26.7 Å². The first-order valence-electron chi connectivity index (χ1n) is 5.41. The summed E-state index contributed by atoms with van der Waals surface area (Å²) in [4.78, 5) is 11.3. The summed E-state index contributed by atoms with van der Waals surface area (Å²) in [6.45, 7) is 10.7. The average molecular weight is 214 g/mol. The number of hydrogen-bond donors (Lipinski definition) is 1. The summed E-state index contributed by atoms with van der Waals surface area (Å²) in [6.07, 6.45) is 1.59. The van der Waals surface area contributed by atoms with E-state index in [9.17, 15) is 9.90 Å². The summed E-state index contributed by atoms with van der Waals surface area (Å²) in [7, 11) is 0. The maximum Gasteiger partial charge on any atom is 0.333 e. The van der Waals surface area contributed by atoms with Crippen molar-refractivity contribution in [2.75, 3.05) is 0 Å². The summed E-state index contributed by atoms with van der Waals surface area (Å²) in [5, 5.41) is 9.86. The third-order valence-electron chi connectivity index (χ3n) is 2.51. The monoisotopic (exact) mass is 214 g/mol. The number of carbonyl (C=O) groups excluding carboxylic acids is 1. The van der Waals surface area contributed by atoms with E-state index < -0.39 is 5.60 Å². The number of esters is 1. The van der Waals surface area contributed by atoms with Crippen LogP contribution in [-0.2, 0) is 9.53 Å². The molecule has 0 aliphatic heterocycles. The van der Waals surface area contributed by atoms with Crippen LogP contribution in [0.25, 0.3) is 0 Å². The quantitative estimate of drug-likeness (QED) is 0.545. The Bertz CT molecular complexity index is 231. The standard InChI is InChI=1S/C12H22O3/c1-6-10(8-12(5,14)7-2)15-11(13)9(3)4/h10,14H,3,6-8H2,1-2,4-5H3. The van der Waals surface area contributed by atoms with Gasteiger partial charge in [0.15, 0.2) is 0 Å². The minimum Gasteiger partial charge on any atom is -0.459 e. The number of aliphatic hydroxyl groups is 1. The lowest BCUT2D eigenvalue weighted by Gasteiger charge is -2.26. The van der Waals surface area contributed by atoms with Crippen LogP contribution in [0.15, 0.2) is 12.2 Å². The molecule has 0 saturated heterocycles. The summed E-state index contributed by atoms with van der Waals surface area (Å²) < 4.78 is 5.20. The molecule has 0 bridgehead atoms. The van der Waals surface area contributed by atoms with E-state index in [2.05, 4.69) is 6.58 Å². The summed E-state index contributed by atoms with van der Waals surface area (Å²) >= 11 is 0. The van der Waals surface area contributed by atoms with Crippen molar-refractivity contribution in [3.8, 4) is 0 Å². The van der Waals surface area contributed by atoms with Crippen LogP contribution in [0.3, 0.4) is 0 Å². The molecule has 0 radical (unpaired) electrons. The highest BCUT2D eigenvalue weighted by atomic mass is 16.5. The van der Waals surface area contributed by atoms with Gasteiger partial charge in [0.05, 0.1) is 5.60 Å². The van der Waals surface area contributed by atoms with E-state index >= 15 is 0 Å². The van der Waals surface area contributed by atoms with Crippen molar-refractivity contribution >= 4 is 5.97 Å². The highest BCUT2D eigenvalue weighted by molar-refractivity contribution is 5.87. The Labute approximate surface area is 92.1 Å². The van der Waals surface area contributed by atoms with Crippen LogP contribution in [0, 0.1) is 0 Å². The Morgan fingerprint density at radius 1 is 1.53 bits per heavy atom. The van der Waals surface area contributed by atoms with Crippen molar-refractivity contribution in [1.82, 2.24) is 0 Å². The van der Waals surface area contributed by atoms with Crippen LogP contribution < -0.4 is 0 Å². The predicted octanol–water partition coefficient (Wildman–Crippen LogP) is 2.44. The first-order valence-corrected chi connectivity index (χ1v) is 5.41. The van der Waals surface area contributed by atoms with E-state index in [-0.39, 0.29) is 12.1 Å². The van der Waals surface area contributed by atoms with Crippen molar-refractivity contribution in [3.05, 3.63) is 12.2 Å². The van der Waals surface area contributed by atoms with Crippen LogP contribution in [0.2, 0.25) is 0 Å². The van der Waals surface area contributed by atoms with Crippen molar-refractivity contribution in [3.63, 3.8) is 0 Å². The number of ether oxygens (including phenoxy) is 1. The van der Waals surface area contributed by atoms with Gasteiger partial charge in [-0.25, -0.2) is 4.79 Å². The minimum atomic E-state index is -0.768. The van der Waals surface area contributed by atoms with Gasteiger partial charge < -0.3 is 9.84 Å². The molecule has 0 heterocycles. The van der Waals surface area contributed by atoms with Gasteiger partial charge in [-0.3, -0.25) is 0 Å². The zero-order valence-electron chi connectivity index (χ0n) is 10.2. The van der Waals surface area contributed by atoms with Crippen molar-refractivity contribution in [1.29, 1.82) is 0 Å². The Balaban J connectivity index is 4.27. The molecule has 3 nitrogen and oxygen atoms in total. The van der Waals surface area contributed by atoms with Gasteiger partial charge >= 0.3 is 5.97 Å². The van der Waals surface area contributed by atoms with E-state index in [4.69, 9.17) is 4.74 Å². The van der Waals surface area contributed by atoms with Crippen LogP contribution in [0.5, 0.6) is 0 Å². The van der Waals surface area contributed by atoms with Crippen molar-refractivity contribution < 1.29 is 14.6 Å². The molecular formula is C12H22O3. The van der Waals surface area contributed by atoms with Gasteiger partial charge in [0.25, 0.3) is 0 Å². The number of hydrogen-bond acceptors (Lipinski definition) is 3. The van der Waals surface area contributed by atoms with Gasteiger partial charge in [0, 0.05) is 12.0 Å². The van der Waals surface area contributed by atoms with E-state index in [1.165, 1.54) is 0 Å². The number of rotatable bonds is 6. The zero-order chi connectivity index (χ0) is 12.1. The molecule has 1 N–H and O–H groups in total. The lowest BCUT2D eigenvalue weighted by molar-refractivity contribution is -0.147. The largest absolute Gasteiger partial charge is 0.459 e. The highest BCUT2D eigenvalue weighted by Gasteiger charge is 2.25. The van der Waals surface area contributed by atoms with E-state index in [0.29, 0.717) is 24.8 Å². The molecule has 0 aliphatic carbocycles. The fraction of sp³-hybridized carbons (Fsp3) is 0.750. The molecule has 0 aromatic carbocycles. The first-order chi connectivity index (χ1) is 6.82. The lowest BCUT2D eigenvalue weighted by atomic mass is 9.94. The summed E-state index contributed by atoms with van der Waals surface area (Å²) in [5.74, 6) is -0.381. The zero-order valence-corrected chi connectivity index (χ0v) is 10.2. The Kier molecular flexibility index (Phi) is 5.58. The molecule has 0 spiro atoms. The normalized spacial score (nSPS) is 16.6. The van der Waals surface area contributed by atoms with Gasteiger partial charge in [0.2, 0.25) is 0 Å². The predicted molar refractivity (Wildman–Crippen MR) is 60.5 cm³/mol. The molecular weight excluding hydrogens is 192 g/mol. The van der Waals surface area contributed by atoms with Gasteiger partial charge in [0.1, 0.15) is 6.10 Å². The molecule has 0 fully saturated rings. The SMILES string of the molecule is C=C(C)C(=O)OC(CC)CC(C)(O)CC. The Morgan fingerprint density at radius 3 is 2.40 bits per heavy atom. The van der Waals surface area contributed by atoms with Crippen LogP contribution in [0.1, 0.15) is 47.0 Å². The lowest BCUT2D eigenvalue weighted by Crippen LogP contribution is -2.31. The Hall–Kier alpha value is -0.830. The van der Waals surface area contributed by atoms with Crippen LogP contribution in [0.4, 0.5) is 0 Å². The maximum atomic E-state index is 11.3. The van der Waals surface area contributed by atoms with E-state index in [1.54, 1.807) is 13.8 Å². The molecule has 0 aliphatic rings. The van der Waals surface area contributed by atoms with Crippen LogP contribution in [-0.4, -0.2) is 22.8 Å². The van der Waals surface area contributed by atoms with Crippen molar-refractivity contribution in [2.24, 2.45) is 0 Å². The van der Waals surface area contributed by atoms with Gasteiger partial charge in [-0.2, -0.15) is 0 Å². The molecule has 3 heteroatoms. The van der Waals surface area contributed by atoms with Crippen LogP contribution >= 0.6 is 0 Å². The molecule has 2 atom stereocenters. The molecule has 0 rings (SSSR count). The molecule has 0 saturated carbocycles. The highest BCUT2D eigenvalue weighted by Crippen LogP contribution is 2.20. The van der Waals surface area contributed by atoms with E-state index in [0.717, 1.165) is 0 Å². The average Bonchev–Trinajstić information content (AvgIpc) is 2.16. The smallest absolute Gasteiger partial charge is 0.333 e. The fourth-order valence-electron chi connectivity index (χ4n) is 1.16. The second-order valence-corrected chi connectivity index (χ2v) is 4.27. The summed E-state index contributed by atoms with van der Waals surface area (Å²) in [5.41, 5.74) is -0.375. The molecule has 0 aromatic rings. The Morgan fingerprint density at radius 2 is 2.07 bits per heavy atom. The second kappa shape index (κ2) is 5.91. The van der Waals surface area contributed by atoms with Gasteiger partial charge in [-0.15, -0.1) is 0 Å². The molecule has 15 heavy (non-hydrogen) atoms. The van der Waals surface area contributed by atoms with Crippen molar-refractivity contribution in [2.45, 2.75) is 58.7 Å². The molecule has 88 valence electrons. The summed E-state index contributed by atoms with van der Waals surface area (Å²) in [6, 6.07) is 0. The fourth-order valence-corrected chi connectivity index (χ4v) is 1.16. The minimum absolute atomic E-state index is 0.232. The van der Waals surface area contributed by atoms with E-state index in [1.807, 2.05) is 13.8 Å². The van der Waals surface area contributed by atoms with Gasteiger partial charge in [-0.1, -0.05) is 20.4 Å². The molecule has 0 aromatic heterocycles.